The summed E-state index contributed by atoms with van der Waals surface area (Å²) in [5.74, 6) is 1.01. The fourth-order valence-electron chi connectivity index (χ4n) is 3.28. The van der Waals surface area contributed by atoms with Gasteiger partial charge < -0.3 is 15.4 Å². The number of hydrogen-bond acceptors (Lipinski definition) is 3. The first-order valence-electron chi connectivity index (χ1n) is 7.25. The van der Waals surface area contributed by atoms with Gasteiger partial charge in [-0.3, -0.25) is 4.79 Å². The van der Waals surface area contributed by atoms with E-state index in [-0.39, 0.29) is 11.3 Å². The molecule has 1 atom stereocenters. The lowest BCUT2D eigenvalue weighted by Crippen LogP contribution is -2.46. The molecule has 0 aromatic rings. The van der Waals surface area contributed by atoms with Gasteiger partial charge in [-0.15, -0.1) is 0 Å². The monoisotopic (exact) mass is 254 g/mol. The molecule has 1 saturated carbocycles. The normalized spacial score (nSPS) is 28.7. The van der Waals surface area contributed by atoms with E-state index >= 15 is 0 Å². The van der Waals surface area contributed by atoms with E-state index in [4.69, 9.17) is 4.74 Å². The largest absolute Gasteiger partial charge is 0.384 e. The van der Waals surface area contributed by atoms with E-state index in [9.17, 15) is 4.79 Å². The lowest BCUT2D eigenvalue weighted by atomic mass is 9.87. The van der Waals surface area contributed by atoms with E-state index in [0.29, 0.717) is 6.61 Å². The molecule has 2 rings (SSSR count). The summed E-state index contributed by atoms with van der Waals surface area (Å²) < 4.78 is 5.23. The smallest absolute Gasteiger partial charge is 0.229 e. The van der Waals surface area contributed by atoms with Gasteiger partial charge in [-0.05, 0) is 25.3 Å². The number of methoxy groups -OCH3 is 1. The topological polar surface area (TPSA) is 50.4 Å². The zero-order valence-electron chi connectivity index (χ0n) is 11.5. The van der Waals surface area contributed by atoms with E-state index < -0.39 is 0 Å². The molecular weight excluding hydrogens is 228 g/mol. The van der Waals surface area contributed by atoms with Crippen molar-refractivity contribution in [2.75, 3.05) is 33.4 Å². The number of nitrogens with one attached hydrogen (secondary N) is 2. The third-order valence-corrected chi connectivity index (χ3v) is 4.46. The van der Waals surface area contributed by atoms with Crippen LogP contribution in [0.2, 0.25) is 0 Å². The second-order valence-electron chi connectivity index (χ2n) is 5.84. The van der Waals surface area contributed by atoms with Crippen molar-refractivity contribution in [2.45, 2.75) is 38.5 Å². The Bertz CT molecular complexity index is 269. The first kappa shape index (κ1) is 13.8. The molecule has 1 aliphatic carbocycles. The summed E-state index contributed by atoms with van der Waals surface area (Å²) in [4.78, 5) is 12.3. The average Bonchev–Trinajstić information content (AvgIpc) is 3.01. The Morgan fingerprint density at radius 3 is 2.83 bits per heavy atom. The molecule has 2 N–H and O–H groups in total. The SMILES string of the molecule is COCC1(C(=O)NCCC2CCCC2)CCNC1. The van der Waals surface area contributed by atoms with Crippen LogP contribution >= 0.6 is 0 Å². The zero-order valence-corrected chi connectivity index (χ0v) is 11.5. The summed E-state index contributed by atoms with van der Waals surface area (Å²) in [5, 5.41) is 6.39. The number of rotatable bonds is 6. The summed E-state index contributed by atoms with van der Waals surface area (Å²) in [6, 6.07) is 0. The highest BCUT2D eigenvalue weighted by Crippen LogP contribution is 2.28. The van der Waals surface area contributed by atoms with Gasteiger partial charge in [-0.2, -0.15) is 0 Å². The lowest BCUT2D eigenvalue weighted by molar-refractivity contribution is -0.132. The van der Waals surface area contributed by atoms with Gasteiger partial charge in [0.05, 0.1) is 12.0 Å². The van der Waals surface area contributed by atoms with E-state index in [1.54, 1.807) is 7.11 Å². The minimum Gasteiger partial charge on any atom is -0.384 e. The molecule has 0 spiro atoms. The molecule has 1 amide bonds. The van der Waals surface area contributed by atoms with Crippen LogP contribution in [0.3, 0.4) is 0 Å². The van der Waals surface area contributed by atoms with Crippen LogP contribution in [0.15, 0.2) is 0 Å². The third kappa shape index (κ3) is 3.23. The maximum absolute atomic E-state index is 12.3. The number of amides is 1. The Hall–Kier alpha value is -0.610. The first-order chi connectivity index (χ1) is 8.77. The maximum Gasteiger partial charge on any atom is 0.229 e. The molecule has 0 aromatic carbocycles. The van der Waals surface area contributed by atoms with Crippen LogP contribution in [-0.4, -0.2) is 39.3 Å². The van der Waals surface area contributed by atoms with Gasteiger partial charge in [0.15, 0.2) is 0 Å². The van der Waals surface area contributed by atoms with Crippen molar-refractivity contribution in [2.24, 2.45) is 11.3 Å². The molecular formula is C14H26N2O2. The van der Waals surface area contributed by atoms with Crippen molar-refractivity contribution in [1.29, 1.82) is 0 Å². The van der Waals surface area contributed by atoms with Crippen molar-refractivity contribution >= 4 is 5.91 Å². The summed E-state index contributed by atoms with van der Waals surface area (Å²) in [7, 11) is 1.67. The van der Waals surface area contributed by atoms with Crippen LogP contribution < -0.4 is 10.6 Å². The van der Waals surface area contributed by atoms with Crippen LogP contribution in [-0.2, 0) is 9.53 Å². The van der Waals surface area contributed by atoms with Gasteiger partial charge in [-0.25, -0.2) is 0 Å². The Morgan fingerprint density at radius 2 is 2.22 bits per heavy atom. The molecule has 1 unspecified atom stereocenters. The van der Waals surface area contributed by atoms with Crippen molar-refractivity contribution in [1.82, 2.24) is 10.6 Å². The molecule has 1 heterocycles. The highest BCUT2D eigenvalue weighted by atomic mass is 16.5. The molecule has 0 bridgehead atoms. The predicted molar refractivity (Wildman–Crippen MR) is 71.4 cm³/mol. The second-order valence-corrected chi connectivity index (χ2v) is 5.84. The molecule has 4 heteroatoms. The van der Waals surface area contributed by atoms with Gasteiger partial charge in [0, 0.05) is 20.2 Å². The maximum atomic E-state index is 12.3. The Labute approximate surface area is 110 Å². The van der Waals surface area contributed by atoms with Gasteiger partial charge in [-0.1, -0.05) is 25.7 Å². The minimum absolute atomic E-state index is 0.173. The van der Waals surface area contributed by atoms with Gasteiger partial charge >= 0.3 is 0 Å². The van der Waals surface area contributed by atoms with Crippen molar-refractivity contribution in [3.05, 3.63) is 0 Å². The number of carbonyl (C=O) groups is 1. The summed E-state index contributed by atoms with van der Waals surface area (Å²) in [6.45, 7) is 3.01. The molecule has 1 aliphatic heterocycles. The zero-order chi connectivity index (χ0) is 12.8. The van der Waals surface area contributed by atoms with E-state index in [1.807, 2.05) is 0 Å². The molecule has 4 nitrogen and oxygen atoms in total. The molecule has 2 fully saturated rings. The lowest BCUT2D eigenvalue weighted by Gasteiger charge is -2.26. The molecule has 2 aliphatic rings. The van der Waals surface area contributed by atoms with Crippen LogP contribution in [0.1, 0.15) is 38.5 Å². The Kier molecular flexibility index (Phi) is 5.01. The fourth-order valence-corrected chi connectivity index (χ4v) is 3.28. The fraction of sp³-hybridized carbons (Fsp3) is 0.929. The molecule has 18 heavy (non-hydrogen) atoms. The van der Waals surface area contributed by atoms with E-state index in [0.717, 1.165) is 38.4 Å². The van der Waals surface area contributed by atoms with Gasteiger partial charge in [0.1, 0.15) is 0 Å². The van der Waals surface area contributed by atoms with Crippen molar-refractivity contribution in [3.8, 4) is 0 Å². The molecule has 0 aromatic heterocycles. The van der Waals surface area contributed by atoms with Crippen LogP contribution in [0.4, 0.5) is 0 Å². The third-order valence-electron chi connectivity index (χ3n) is 4.46. The number of ether oxygens (including phenoxy) is 1. The van der Waals surface area contributed by atoms with Crippen molar-refractivity contribution < 1.29 is 9.53 Å². The van der Waals surface area contributed by atoms with Gasteiger partial charge in [0.25, 0.3) is 0 Å². The standard InChI is InChI=1S/C14H26N2O2/c1-18-11-14(7-9-15-10-14)13(17)16-8-6-12-4-2-3-5-12/h12,15H,2-11H2,1H3,(H,16,17). The molecule has 0 radical (unpaired) electrons. The van der Waals surface area contributed by atoms with Crippen molar-refractivity contribution in [3.63, 3.8) is 0 Å². The Balaban J connectivity index is 1.74. The number of hydrogen-bond donors (Lipinski definition) is 2. The predicted octanol–water partition coefficient (Wildman–Crippen LogP) is 1.31. The molecule has 1 saturated heterocycles. The Morgan fingerprint density at radius 1 is 1.44 bits per heavy atom. The highest BCUT2D eigenvalue weighted by molar-refractivity contribution is 5.83. The summed E-state index contributed by atoms with van der Waals surface area (Å²) in [5.41, 5.74) is -0.329. The quantitative estimate of drug-likeness (QED) is 0.751. The number of carbonyl (C=O) groups excluding carboxylic acids is 1. The minimum atomic E-state index is -0.329. The van der Waals surface area contributed by atoms with Gasteiger partial charge in [0.2, 0.25) is 5.91 Å². The summed E-state index contributed by atoms with van der Waals surface area (Å²) >= 11 is 0. The molecule has 104 valence electrons. The van der Waals surface area contributed by atoms with Crippen LogP contribution in [0, 0.1) is 11.3 Å². The van der Waals surface area contributed by atoms with E-state index in [2.05, 4.69) is 10.6 Å². The van der Waals surface area contributed by atoms with Crippen LogP contribution in [0.5, 0.6) is 0 Å². The first-order valence-corrected chi connectivity index (χ1v) is 7.25. The average molecular weight is 254 g/mol. The second kappa shape index (κ2) is 6.53. The highest BCUT2D eigenvalue weighted by Gasteiger charge is 2.41. The van der Waals surface area contributed by atoms with Crippen LogP contribution in [0.25, 0.3) is 0 Å². The summed E-state index contributed by atoms with van der Waals surface area (Å²) in [6.07, 6.45) is 7.46. The van der Waals surface area contributed by atoms with E-state index in [1.165, 1.54) is 25.7 Å².